The molecule has 0 aliphatic rings. The van der Waals surface area contributed by atoms with E-state index in [1.165, 1.54) is 19.1 Å². The average Bonchev–Trinajstić information content (AvgIpc) is 3.22. The first-order chi connectivity index (χ1) is 13.9. The molecular formula is C21H18ClFN2O4. The van der Waals surface area contributed by atoms with Crippen molar-refractivity contribution in [1.82, 2.24) is 0 Å². The highest BCUT2D eigenvalue weighted by Gasteiger charge is 2.21. The zero-order chi connectivity index (χ0) is 20.8. The number of rotatable bonds is 7. The van der Waals surface area contributed by atoms with Gasteiger partial charge in [0, 0.05) is 5.69 Å². The number of ether oxygens (including phenoxy) is 1. The maximum Gasteiger partial charge on any atom is 0.341 e. The highest BCUT2D eigenvalue weighted by atomic mass is 35.5. The number of halogens is 2. The Bertz CT molecular complexity index is 1010. The van der Waals surface area contributed by atoms with Crippen LogP contribution in [-0.2, 0) is 16.1 Å². The third-order valence-corrected chi connectivity index (χ3v) is 4.33. The number of anilines is 2. The zero-order valence-electron chi connectivity index (χ0n) is 15.4. The predicted octanol–water partition coefficient (Wildman–Crippen LogP) is 4.87. The summed E-state index contributed by atoms with van der Waals surface area (Å²) in [5.41, 5.74) is 1.04. The van der Waals surface area contributed by atoms with E-state index < -0.39 is 23.8 Å². The highest BCUT2D eigenvalue weighted by molar-refractivity contribution is 6.33. The van der Waals surface area contributed by atoms with E-state index in [1.54, 1.807) is 42.7 Å². The first kappa shape index (κ1) is 20.4. The molecule has 150 valence electrons. The van der Waals surface area contributed by atoms with Crippen LogP contribution in [0, 0.1) is 5.82 Å². The van der Waals surface area contributed by atoms with Crippen LogP contribution in [0.3, 0.4) is 0 Å². The van der Waals surface area contributed by atoms with Gasteiger partial charge < -0.3 is 19.8 Å². The summed E-state index contributed by atoms with van der Waals surface area (Å²) < 4.78 is 23.7. The molecule has 8 heteroatoms. The molecule has 1 unspecified atom stereocenters. The third kappa shape index (κ3) is 5.36. The van der Waals surface area contributed by atoms with Crippen LogP contribution in [0.15, 0.2) is 65.3 Å². The van der Waals surface area contributed by atoms with Gasteiger partial charge in [0.15, 0.2) is 6.10 Å². The molecule has 0 aliphatic heterocycles. The van der Waals surface area contributed by atoms with Crippen LogP contribution in [0.4, 0.5) is 15.8 Å². The molecule has 2 aromatic carbocycles. The van der Waals surface area contributed by atoms with E-state index in [0.29, 0.717) is 18.0 Å². The van der Waals surface area contributed by atoms with Gasteiger partial charge >= 0.3 is 5.97 Å². The Morgan fingerprint density at radius 1 is 1.14 bits per heavy atom. The molecule has 0 fully saturated rings. The summed E-state index contributed by atoms with van der Waals surface area (Å²) in [7, 11) is 0. The van der Waals surface area contributed by atoms with Crippen LogP contribution in [0.25, 0.3) is 0 Å². The number of amides is 1. The fourth-order valence-corrected chi connectivity index (χ4v) is 2.73. The van der Waals surface area contributed by atoms with Gasteiger partial charge in [-0.2, -0.15) is 0 Å². The lowest BCUT2D eigenvalue weighted by Gasteiger charge is -2.16. The summed E-state index contributed by atoms with van der Waals surface area (Å²) in [5.74, 6) is -1.07. The summed E-state index contributed by atoms with van der Waals surface area (Å²) in [6, 6.07) is 13.9. The van der Waals surface area contributed by atoms with Crippen LogP contribution in [0.1, 0.15) is 23.0 Å². The van der Waals surface area contributed by atoms with Gasteiger partial charge in [-0.25, -0.2) is 9.18 Å². The predicted molar refractivity (Wildman–Crippen MR) is 107 cm³/mol. The lowest BCUT2D eigenvalue weighted by atomic mass is 10.1. The monoisotopic (exact) mass is 416 g/mol. The van der Waals surface area contributed by atoms with E-state index in [4.69, 9.17) is 20.8 Å². The number of carbonyl (C=O) groups is 2. The van der Waals surface area contributed by atoms with Crippen molar-refractivity contribution in [3.63, 3.8) is 0 Å². The molecule has 1 atom stereocenters. The normalized spacial score (nSPS) is 11.6. The fourth-order valence-electron chi connectivity index (χ4n) is 2.51. The number of hydrogen-bond donors (Lipinski definition) is 2. The zero-order valence-corrected chi connectivity index (χ0v) is 16.2. The Kier molecular flexibility index (Phi) is 6.51. The molecule has 6 nitrogen and oxygen atoms in total. The fraction of sp³-hybridized carbons (Fsp3) is 0.143. The van der Waals surface area contributed by atoms with Crippen molar-refractivity contribution in [2.45, 2.75) is 19.6 Å². The van der Waals surface area contributed by atoms with Crippen molar-refractivity contribution in [2.24, 2.45) is 0 Å². The minimum absolute atomic E-state index is 0.0457. The Morgan fingerprint density at radius 3 is 2.66 bits per heavy atom. The molecule has 0 spiro atoms. The van der Waals surface area contributed by atoms with Gasteiger partial charge in [-0.1, -0.05) is 23.7 Å². The molecule has 0 saturated carbocycles. The van der Waals surface area contributed by atoms with Crippen molar-refractivity contribution in [1.29, 1.82) is 0 Å². The number of para-hydroxylation sites is 1. The summed E-state index contributed by atoms with van der Waals surface area (Å²) in [6.45, 7) is 1.82. The van der Waals surface area contributed by atoms with E-state index in [0.717, 1.165) is 6.07 Å². The molecule has 0 bridgehead atoms. The van der Waals surface area contributed by atoms with Gasteiger partial charge in [0.1, 0.15) is 11.6 Å². The summed E-state index contributed by atoms with van der Waals surface area (Å²) in [6.07, 6.45) is 0.465. The topological polar surface area (TPSA) is 80.6 Å². The Labute approximate surface area is 171 Å². The largest absolute Gasteiger partial charge is 0.467 e. The summed E-state index contributed by atoms with van der Waals surface area (Å²) >= 11 is 5.90. The van der Waals surface area contributed by atoms with Crippen molar-refractivity contribution in [2.75, 3.05) is 10.6 Å². The van der Waals surface area contributed by atoms with Crippen LogP contribution in [0.2, 0.25) is 5.02 Å². The Hall–Kier alpha value is -3.32. The molecule has 3 rings (SSSR count). The molecular weight excluding hydrogens is 399 g/mol. The number of esters is 1. The van der Waals surface area contributed by atoms with Gasteiger partial charge in [-0.15, -0.1) is 0 Å². The highest BCUT2D eigenvalue weighted by Crippen LogP contribution is 2.23. The van der Waals surface area contributed by atoms with Crippen LogP contribution >= 0.6 is 11.6 Å². The van der Waals surface area contributed by atoms with E-state index in [1.807, 2.05) is 0 Å². The van der Waals surface area contributed by atoms with Crippen molar-refractivity contribution < 1.29 is 23.1 Å². The Balaban J connectivity index is 1.63. The van der Waals surface area contributed by atoms with Crippen LogP contribution in [-0.4, -0.2) is 18.0 Å². The van der Waals surface area contributed by atoms with Gasteiger partial charge in [0.2, 0.25) is 0 Å². The van der Waals surface area contributed by atoms with Crippen molar-refractivity contribution in [3.8, 4) is 0 Å². The summed E-state index contributed by atoms with van der Waals surface area (Å²) in [5, 5.41) is 5.66. The molecule has 3 aromatic rings. The second-order valence-corrected chi connectivity index (χ2v) is 6.55. The number of hydrogen-bond acceptors (Lipinski definition) is 5. The standard InChI is InChI=1S/C21H18ClFN2O4/c1-13(20(26)25-19-9-8-14(23)11-17(19)22)29-21(27)16-6-2-3-7-18(16)24-12-15-5-4-10-28-15/h2-11,13,24H,12H2,1H3,(H,25,26). The number of nitrogens with one attached hydrogen (secondary N) is 2. The smallest absolute Gasteiger partial charge is 0.341 e. The number of furan rings is 1. The molecule has 0 aliphatic carbocycles. The quantitative estimate of drug-likeness (QED) is 0.537. The van der Waals surface area contributed by atoms with Gasteiger partial charge in [-0.05, 0) is 49.4 Å². The minimum atomic E-state index is -1.10. The molecule has 1 aromatic heterocycles. The maximum atomic E-state index is 13.1. The molecule has 0 radical (unpaired) electrons. The molecule has 1 heterocycles. The lowest BCUT2D eigenvalue weighted by Crippen LogP contribution is -2.30. The van der Waals surface area contributed by atoms with E-state index in [-0.39, 0.29) is 16.3 Å². The third-order valence-electron chi connectivity index (χ3n) is 4.02. The second-order valence-electron chi connectivity index (χ2n) is 6.14. The van der Waals surface area contributed by atoms with E-state index >= 15 is 0 Å². The molecule has 0 saturated heterocycles. The van der Waals surface area contributed by atoms with Crippen LogP contribution in [0.5, 0.6) is 0 Å². The van der Waals surface area contributed by atoms with E-state index in [9.17, 15) is 14.0 Å². The maximum absolute atomic E-state index is 13.1. The number of carbonyl (C=O) groups excluding carboxylic acids is 2. The number of benzene rings is 2. The first-order valence-corrected chi connectivity index (χ1v) is 9.14. The van der Waals surface area contributed by atoms with Crippen molar-refractivity contribution in [3.05, 3.63) is 83.0 Å². The Morgan fingerprint density at radius 2 is 1.93 bits per heavy atom. The van der Waals surface area contributed by atoms with Crippen molar-refractivity contribution >= 4 is 34.9 Å². The molecule has 29 heavy (non-hydrogen) atoms. The lowest BCUT2D eigenvalue weighted by molar-refractivity contribution is -0.123. The van der Waals surface area contributed by atoms with Gasteiger partial charge in [-0.3, -0.25) is 4.79 Å². The average molecular weight is 417 g/mol. The molecule has 1 amide bonds. The van der Waals surface area contributed by atoms with E-state index in [2.05, 4.69) is 10.6 Å². The SMILES string of the molecule is CC(OC(=O)c1ccccc1NCc1ccco1)C(=O)Nc1ccc(F)cc1Cl. The first-order valence-electron chi connectivity index (χ1n) is 8.76. The molecule has 2 N–H and O–H groups in total. The minimum Gasteiger partial charge on any atom is -0.467 e. The van der Waals surface area contributed by atoms with Gasteiger partial charge in [0.25, 0.3) is 5.91 Å². The second kappa shape index (κ2) is 9.25. The summed E-state index contributed by atoms with van der Waals surface area (Å²) in [4.78, 5) is 24.9. The van der Waals surface area contributed by atoms with Crippen LogP contribution < -0.4 is 10.6 Å². The van der Waals surface area contributed by atoms with Gasteiger partial charge in [0.05, 0.1) is 29.1 Å².